The molecule has 1 aromatic carbocycles. The molecule has 1 unspecified atom stereocenters. The quantitative estimate of drug-likeness (QED) is 0.249. The number of aryl methyl sites for hydroxylation is 1. The lowest BCUT2D eigenvalue weighted by Crippen LogP contribution is -2.38. The highest BCUT2D eigenvalue weighted by atomic mass is 16.5. The highest BCUT2D eigenvalue weighted by Gasteiger charge is 2.11. The molecule has 0 spiro atoms. The lowest BCUT2D eigenvalue weighted by Gasteiger charge is -2.17. The molecule has 0 radical (unpaired) electrons. The summed E-state index contributed by atoms with van der Waals surface area (Å²) in [5.74, 6) is 3.46. The fraction of sp³-hybridized carbons (Fsp3) is 0.696. The van der Waals surface area contributed by atoms with E-state index >= 15 is 0 Å². The van der Waals surface area contributed by atoms with E-state index in [0.717, 1.165) is 62.8 Å². The summed E-state index contributed by atoms with van der Waals surface area (Å²) in [6.45, 7) is 11.7. The van der Waals surface area contributed by atoms with Crippen molar-refractivity contribution in [1.82, 2.24) is 10.6 Å². The molecule has 3 N–H and O–H groups in total. The predicted octanol–water partition coefficient (Wildman–Crippen LogP) is 3.63. The SMILES string of the molecule is CCNC(=NCC(CCO)CC(C)C)NCCCc1ccc(OC)c(OCC)c1. The Balaban J connectivity index is 2.54. The van der Waals surface area contributed by atoms with Crippen LogP contribution >= 0.6 is 0 Å². The molecule has 166 valence electrons. The standard InChI is InChI=1S/C23H41N3O3/c1-6-24-23(26-17-20(12-14-27)15-18(3)4)25-13-8-9-19-10-11-21(28-5)22(16-19)29-7-2/h10-11,16,18,20,27H,6-9,12-15,17H2,1-5H3,(H2,24,25,26). The Morgan fingerprint density at radius 2 is 1.97 bits per heavy atom. The van der Waals surface area contributed by atoms with Gasteiger partial charge in [-0.2, -0.15) is 0 Å². The van der Waals surface area contributed by atoms with Gasteiger partial charge in [0, 0.05) is 26.2 Å². The molecule has 1 aromatic rings. The Hall–Kier alpha value is -1.95. The summed E-state index contributed by atoms with van der Waals surface area (Å²) in [6.07, 6.45) is 3.84. The topological polar surface area (TPSA) is 75.1 Å². The van der Waals surface area contributed by atoms with Crippen molar-refractivity contribution in [2.24, 2.45) is 16.8 Å². The van der Waals surface area contributed by atoms with Crippen molar-refractivity contribution in [3.63, 3.8) is 0 Å². The van der Waals surface area contributed by atoms with Crippen LogP contribution in [-0.2, 0) is 6.42 Å². The average molecular weight is 408 g/mol. The molecule has 0 bridgehead atoms. The van der Waals surface area contributed by atoms with Gasteiger partial charge in [0.15, 0.2) is 17.5 Å². The molecule has 0 heterocycles. The van der Waals surface area contributed by atoms with Gasteiger partial charge in [-0.25, -0.2) is 0 Å². The number of rotatable bonds is 14. The van der Waals surface area contributed by atoms with Gasteiger partial charge in [0.2, 0.25) is 0 Å². The number of aliphatic hydroxyl groups is 1. The lowest BCUT2D eigenvalue weighted by atomic mass is 9.94. The van der Waals surface area contributed by atoms with Crippen LogP contribution in [0.15, 0.2) is 23.2 Å². The number of aliphatic imine (C=N–C) groups is 1. The van der Waals surface area contributed by atoms with E-state index in [2.05, 4.69) is 43.5 Å². The number of nitrogens with one attached hydrogen (secondary N) is 2. The molecular weight excluding hydrogens is 366 g/mol. The number of benzene rings is 1. The van der Waals surface area contributed by atoms with E-state index < -0.39 is 0 Å². The molecule has 1 atom stereocenters. The molecule has 29 heavy (non-hydrogen) atoms. The normalized spacial score (nSPS) is 12.7. The molecule has 0 fully saturated rings. The third-order valence-corrected chi connectivity index (χ3v) is 4.66. The van der Waals surface area contributed by atoms with Gasteiger partial charge in [0.25, 0.3) is 0 Å². The first-order valence-corrected chi connectivity index (χ1v) is 11.0. The molecule has 0 aliphatic heterocycles. The highest BCUT2D eigenvalue weighted by Crippen LogP contribution is 2.28. The summed E-state index contributed by atoms with van der Waals surface area (Å²) in [4.78, 5) is 4.74. The van der Waals surface area contributed by atoms with Gasteiger partial charge in [0.1, 0.15) is 0 Å². The third-order valence-electron chi connectivity index (χ3n) is 4.66. The molecule has 0 aromatic heterocycles. The number of methoxy groups -OCH3 is 1. The second-order valence-electron chi connectivity index (χ2n) is 7.68. The zero-order valence-electron chi connectivity index (χ0n) is 19.0. The van der Waals surface area contributed by atoms with E-state index in [4.69, 9.17) is 14.5 Å². The van der Waals surface area contributed by atoms with Crippen LogP contribution in [0.3, 0.4) is 0 Å². The summed E-state index contributed by atoms with van der Waals surface area (Å²) in [7, 11) is 1.66. The first kappa shape index (κ1) is 25.1. The minimum absolute atomic E-state index is 0.225. The van der Waals surface area contributed by atoms with E-state index in [-0.39, 0.29) is 6.61 Å². The Bertz CT molecular complexity index is 591. The molecule has 1 rings (SSSR count). The Labute approximate surface area is 177 Å². The molecule has 0 saturated heterocycles. The van der Waals surface area contributed by atoms with Crippen LogP contribution < -0.4 is 20.1 Å². The van der Waals surface area contributed by atoms with Crippen molar-refractivity contribution in [2.75, 3.05) is 40.0 Å². The van der Waals surface area contributed by atoms with Crippen LogP contribution in [0.1, 0.15) is 52.5 Å². The zero-order valence-corrected chi connectivity index (χ0v) is 19.0. The van der Waals surface area contributed by atoms with Crippen molar-refractivity contribution < 1.29 is 14.6 Å². The van der Waals surface area contributed by atoms with E-state index in [1.54, 1.807) is 7.11 Å². The average Bonchev–Trinajstić information content (AvgIpc) is 2.69. The maximum atomic E-state index is 9.29. The summed E-state index contributed by atoms with van der Waals surface area (Å²) < 4.78 is 11.0. The van der Waals surface area contributed by atoms with Gasteiger partial charge in [-0.05, 0) is 69.1 Å². The second-order valence-corrected chi connectivity index (χ2v) is 7.68. The second kappa shape index (κ2) is 15.0. The zero-order chi connectivity index (χ0) is 21.5. The number of aliphatic hydroxyl groups excluding tert-OH is 1. The maximum Gasteiger partial charge on any atom is 0.191 e. The van der Waals surface area contributed by atoms with E-state index in [1.165, 1.54) is 5.56 Å². The molecule has 0 saturated carbocycles. The van der Waals surface area contributed by atoms with Crippen LogP contribution in [0.5, 0.6) is 11.5 Å². The number of nitrogens with zero attached hydrogens (tertiary/aromatic N) is 1. The smallest absolute Gasteiger partial charge is 0.191 e. The molecule has 0 aliphatic rings. The molecule has 6 heteroatoms. The minimum atomic E-state index is 0.225. The van der Waals surface area contributed by atoms with Gasteiger partial charge in [-0.3, -0.25) is 4.99 Å². The van der Waals surface area contributed by atoms with Crippen LogP contribution in [0.2, 0.25) is 0 Å². The number of ether oxygens (including phenoxy) is 2. The number of hydrogen-bond acceptors (Lipinski definition) is 4. The van der Waals surface area contributed by atoms with E-state index in [0.29, 0.717) is 18.4 Å². The predicted molar refractivity (Wildman–Crippen MR) is 121 cm³/mol. The first-order valence-electron chi connectivity index (χ1n) is 11.0. The highest BCUT2D eigenvalue weighted by molar-refractivity contribution is 5.79. The van der Waals surface area contributed by atoms with Gasteiger partial charge < -0.3 is 25.2 Å². The molecule has 6 nitrogen and oxygen atoms in total. The third kappa shape index (κ3) is 10.4. The van der Waals surface area contributed by atoms with E-state index in [1.807, 2.05) is 13.0 Å². The first-order chi connectivity index (χ1) is 14.0. The van der Waals surface area contributed by atoms with Gasteiger partial charge in [-0.15, -0.1) is 0 Å². The number of hydrogen-bond donors (Lipinski definition) is 3. The Kier molecular flexibility index (Phi) is 12.9. The Morgan fingerprint density at radius 3 is 2.59 bits per heavy atom. The van der Waals surface area contributed by atoms with Crippen LogP contribution in [0.4, 0.5) is 0 Å². The van der Waals surface area contributed by atoms with Crippen molar-refractivity contribution >= 4 is 5.96 Å². The van der Waals surface area contributed by atoms with Gasteiger partial charge in [-0.1, -0.05) is 19.9 Å². The van der Waals surface area contributed by atoms with E-state index in [9.17, 15) is 5.11 Å². The fourth-order valence-electron chi connectivity index (χ4n) is 3.34. The summed E-state index contributed by atoms with van der Waals surface area (Å²) >= 11 is 0. The summed E-state index contributed by atoms with van der Waals surface area (Å²) in [6, 6.07) is 6.12. The van der Waals surface area contributed by atoms with Crippen LogP contribution in [-0.4, -0.2) is 51.0 Å². The van der Waals surface area contributed by atoms with Crippen molar-refractivity contribution in [3.05, 3.63) is 23.8 Å². The Morgan fingerprint density at radius 1 is 1.17 bits per heavy atom. The van der Waals surface area contributed by atoms with Gasteiger partial charge >= 0.3 is 0 Å². The van der Waals surface area contributed by atoms with Crippen LogP contribution in [0, 0.1) is 11.8 Å². The fourth-order valence-corrected chi connectivity index (χ4v) is 3.34. The van der Waals surface area contributed by atoms with Crippen molar-refractivity contribution in [3.8, 4) is 11.5 Å². The monoisotopic (exact) mass is 407 g/mol. The summed E-state index contributed by atoms with van der Waals surface area (Å²) in [5, 5.41) is 16.0. The molecular formula is C23H41N3O3. The number of guanidine groups is 1. The summed E-state index contributed by atoms with van der Waals surface area (Å²) in [5.41, 5.74) is 1.23. The minimum Gasteiger partial charge on any atom is -0.493 e. The van der Waals surface area contributed by atoms with Gasteiger partial charge in [0.05, 0.1) is 13.7 Å². The largest absolute Gasteiger partial charge is 0.493 e. The van der Waals surface area contributed by atoms with Crippen LogP contribution in [0.25, 0.3) is 0 Å². The van der Waals surface area contributed by atoms with Crippen molar-refractivity contribution in [1.29, 1.82) is 0 Å². The maximum absolute atomic E-state index is 9.29. The van der Waals surface area contributed by atoms with Crippen molar-refractivity contribution in [2.45, 2.75) is 53.4 Å². The molecule has 0 amide bonds. The molecule has 0 aliphatic carbocycles. The lowest BCUT2D eigenvalue weighted by molar-refractivity contribution is 0.245.